The Morgan fingerprint density at radius 3 is 3.05 bits per heavy atom. The predicted octanol–water partition coefficient (Wildman–Crippen LogP) is 2.72. The number of rotatable bonds is 3. The first kappa shape index (κ1) is 14.3. The molecule has 5 nitrogen and oxygen atoms in total. The number of aryl methyl sites for hydroxylation is 1. The van der Waals surface area contributed by atoms with E-state index in [9.17, 15) is 0 Å². The second kappa shape index (κ2) is 6.44. The summed E-state index contributed by atoms with van der Waals surface area (Å²) in [5.41, 5.74) is 2.72. The van der Waals surface area contributed by atoms with Gasteiger partial charge in [-0.2, -0.15) is 5.26 Å². The Balaban J connectivity index is 1.76. The van der Waals surface area contributed by atoms with Crippen molar-refractivity contribution in [2.24, 2.45) is 0 Å². The molecule has 3 rings (SSSR count). The molecule has 1 aromatic carbocycles. The monoisotopic (exact) mass is 294 g/mol. The number of aromatic nitrogens is 2. The molecule has 5 heteroatoms. The maximum absolute atomic E-state index is 8.88. The van der Waals surface area contributed by atoms with Crippen LogP contribution < -0.4 is 10.1 Å². The van der Waals surface area contributed by atoms with Crippen LogP contribution in [0.4, 0.5) is 5.82 Å². The maximum Gasteiger partial charge on any atom is 0.234 e. The number of hydrogen-bond acceptors (Lipinski definition) is 5. The summed E-state index contributed by atoms with van der Waals surface area (Å²) < 4.78 is 5.31. The van der Waals surface area contributed by atoms with Crippen LogP contribution in [0.3, 0.4) is 0 Å². The number of fused-ring (bicyclic) bond motifs is 1. The molecule has 1 aliphatic carbocycles. The lowest BCUT2D eigenvalue weighted by molar-refractivity contribution is 0.414. The SMILES string of the molecule is COc1ccc2c(c1)CCCC(Nc1ccnc(C#N)n1)C2. The Bertz CT molecular complexity index is 708. The topological polar surface area (TPSA) is 70.8 Å². The Labute approximate surface area is 130 Å². The highest BCUT2D eigenvalue weighted by Gasteiger charge is 2.17. The maximum atomic E-state index is 8.88. The van der Waals surface area contributed by atoms with Gasteiger partial charge in [0.1, 0.15) is 17.6 Å². The Morgan fingerprint density at radius 1 is 1.32 bits per heavy atom. The fourth-order valence-electron chi connectivity index (χ4n) is 2.89. The molecule has 0 fully saturated rings. The van der Waals surface area contributed by atoms with Crippen LogP contribution in [-0.2, 0) is 12.8 Å². The number of ether oxygens (including phenoxy) is 1. The third-order valence-electron chi connectivity index (χ3n) is 3.99. The highest BCUT2D eigenvalue weighted by molar-refractivity contribution is 5.40. The van der Waals surface area contributed by atoms with Crippen molar-refractivity contribution in [2.75, 3.05) is 12.4 Å². The highest BCUT2D eigenvalue weighted by atomic mass is 16.5. The summed E-state index contributed by atoms with van der Waals surface area (Å²) in [7, 11) is 1.70. The quantitative estimate of drug-likeness (QED) is 0.881. The zero-order valence-electron chi connectivity index (χ0n) is 12.5. The van der Waals surface area contributed by atoms with Crippen LogP contribution >= 0.6 is 0 Å². The Hall–Kier alpha value is -2.61. The highest BCUT2D eigenvalue weighted by Crippen LogP contribution is 2.26. The van der Waals surface area contributed by atoms with Gasteiger partial charge in [0, 0.05) is 12.2 Å². The first-order valence-electron chi connectivity index (χ1n) is 7.44. The molecule has 1 heterocycles. The molecule has 1 unspecified atom stereocenters. The smallest absolute Gasteiger partial charge is 0.234 e. The van der Waals surface area contributed by atoms with Gasteiger partial charge in [0.05, 0.1) is 7.11 Å². The number of nitrogens with zero attached hydrogens (tertiary/aromatic N) is 3. The van der Waals surface area contributed by atoms with Crippen molar-refractivity contribution in [3.63, 3.8) is 0 Å². The van der Waals surface area contributed by atoms with Crippen LogP contribution in [0.5, 0.6) is 5.75 Å². The second-order valence-corrected chi connectivity index (χ2v) is 5.45. The molecule has 0 radical (unpaired) electrons. The third kappa shape index (κ3) is 3.17. The number of nitriles is 1. The van der Waals surface area contributed by atoms with Gasteiger partial charge in [-0.1, -0.05) is 6.07 Å². The van der Waals surface area contributed by atoms with E-state index in [0.29, 0.717) is 11.9 Å². The molecule has 22 heavy (non-hydrogen) atoms. The van der Waals surface area contributed by atoms with Crippen LogP contribution in [0, 0.1) is 11.3 Å². The van der Waals surface area contributed by atoms with E-state index < -0.39 is 0 Å². The molecule has 2 aromatic rings. The molecule has 0 amide bonds. The van der Waals surface area contributed by atoms with E-state index in [1.165, 1.54) is 11.1 Å². The first-order chi connectivity index (χ1) is 10.8. The van der Waals surface area contributed by atoms with Gasteiger partial charge in [-0.05, 0) is 55.0 Å². The largest absolute Gasteiger partial charge is 0.497 e. The molecular formula is C17H18N4O. The molecule has 0 saturated carbocycles. The lowest BCUT2D eigenvalue weighted by Gasteiger charge is -2.17. The third-order valence-corrected chi connectivity index (χ3v) is 3.99. The predicted molar refractivity (Wildman–Crippen MR) is 83.8 cm³/mol. The van der Waals surface area contributed by atoms with Gasteiger partial charge in [0.25, 0.3) is 0 Å². The molecule has 0 bridgehead atoms. The number of anilines is 1. The molecule has 1 aliphatic rings. The zero-order chi connectivity index (χ0) is 15.4. The van der Waals surface area contributed by atoms with Gasteiger partial charge in [0.2, 0.25) is 5.82 Å². The van der Waals surface area contributed by atoms with Crippen molar-refractivity contribution in [2.45, 2.75) is 31.7 Å². The minimum Gasteiger partial charge on any atom is -0.497 e. The standard InChI is InChI=1S/C17H18N4O/c1-22-15-6-5-13-9-14(4-2-3-12(13)10-15)20-16-7-8-19-17(11-18)21-16/h5-8,10,14H,2-4,9H2,1H3,(H,19,20,21). The molecule has 0 spiro atoms. The fraction of sp³-hybridized carbons (Fsp3) is 0.353. The van der Waals surface area contributed by atoms with E-state index in [2.05, 4.69) is 27.4 Å². The molecular weight excluding hydrogens is 276 g/mol. The lowest BCUT2D eigenvalue weighted by atomic mass is 10.0. The number of hydrogen-bond donors (Lipinski definition) is 1. The van der Waals surface area contributed by atoms with E-state index in [1.54, 1.807) is 19.4 Å². The van der Waals surface area contributed by atoms with Gasteiger partial charge in [0.15, 0.2) is 0 Å². The fourth-order valence-corrected chi connectivity index (χ4v) is 2.89. The summed E-state index contributed by atoms with van der Waals surface area (Å²) in [6, 6.07) is 10.4. The van der Waals surface area contributed by atoms with Crippen LogP contribution in [0.15, 0.2) is 30.5 Å². The zero-order valence-corrected chi connectivity index (χ0v) is 12.5. The summed E-state index contributed by atoms with van der Waals surface area (Å²) in [5, 5.41) is 12.3. The summed E-state index contributed by atoms with van der Waals surface area (Å²) >= 11 is 0. The molecule has 112 valence electrons. The second-order valence-electron chi connectivity index (χ2n) is 5.45. The van der Waals surface area contributed by atoms with Crippen LogP contribution in [0.2, 0.25) is 0 Å². The van der Waals surface area contributed by atoms with Gasteiger partial charge >= 0.3 is 0 Å². The first-order valence-corrected chi connectivity index (χ1v) is 7.44. The minimum absolute atomic E-state index is 0.198. The molecule has 1 atom stereocenters. The molecule has 0 aliphatic heterocycles. The molecule has 1 N–H and O–H groups in total. The van der Waals surface area contributed by atoms with Crippen LogP contribution in [-0.4, -0.2) is 23.1 Å². The van der Waals surface area contributed by atoms with Crippen molar-refractivity contribution >= 4 is 5.82 Å². The van der Waals surface area contributed by atoms with E-state index in [0.717, 1.165) is 31.4 Å². The normalized spacial score (nSPS) is 17.0. The van der Waals surface area contributed by atoms with Crippen LogP contribution in [0.25, 0.3) is 0 Å². The van der Waals surface area contributed by atoms with E-state index in [1.807, 2.05) is 12.1 Å². The molecule has 1 aromatic heterocycles. The number of nitrogens with one attached hydrogen (secondary N) is 1. The number of benzene rings is 1. The summed E-state index contributed by atoms with van der Waals surface area (Å²) in [6.45, 7) is 0. The minimum atomic E-state index is 0.198. The lowest BCUT2D eigenvalue weighted by Crippen LogP contribution is -2.22. The van der Waals surface area contributed by atoms with Gasteiger partial charge in [-0.3, -0.25) is 0 Å². The van der Waals surface area contributed by atoms with E-state index in [4.69, 9.17) is 10.00 Å². The van der Waals surface area contributed by atoms with Crippen molar-refractivity contribution < 1.29 is 4.74 Å². The Morgan fingerprint density at radius 2 is 2.23 bits per heavy atom. The van der Waals surface area contributed by atoms with Gasteiger partial charge < -0.3 is 10.1 Å². The average Bonchev–Trinajstić information content (AvgIpc) is 2.75. The van der Waals surface area contributed by atoms with Crippen molar-refractivity contribution in [1.29, 1.82) is 5.26 Å². The number of methoxy groups -OCH3 is 1. The summed E-state index contributed by atoms with van der Waals surface area (Å²) in [5.74, 6) is 1.83. The van der Waals surface area contributed by atoms with Crippen molar-refractivity contribution in [3.05, 3.63) is 47.4 Å². The van der Waals surface area contributed by atoms with Gasteiger partial charge in [-0.25, -0.2) is 9.97 Å². The van der Waals surface area contributed by atoms with Crippen LogP contribution in [0.1, 0.15) is 29.8 Å². The summed E-state index contributed by atoms with van der Waals surface area (Å²) in [4.78, 5) is 8.09. The van der Waals surface area contributed by atoms with Crippen molar-refractivity contribution in [1.82, 2.24) is 9.97 Å². The molecule has 0 saturated heterocycles. The van der Waals surface area contributed by atoms with Gasteiger partial charge in [-0.15, -0.1) is 0 Å². The van der Waals surface area contributed by atoms with E-state index >= 15 is 0 Å². The van der Waals surface area contributed by atoms with E-state index in [-0.39, 0.29) is 5.82 Å². The van der Waals surface area contributed by atoms with Crippen molar-refractivity contribution in [3.8, 4) is 11.8 Å². The average molecular weight is 294 g/mol. The summed E-state index contributed by atoms with van der Waals surface area (Å²) in [6.07, 6.45) is 5.82. The Kier molecular flexibility index (Phi) is 4.19.